The van der Waals surface area contributed by atoms with Crippen molar-refractivity contribution in [1.82, 2.24) is 0 Å². The Kier molecular flexibility index (Phi) is 52.2. The number of hydrogen-bond donors (Lipinski definition) is 0. The van der Waals surface area contributed by atoms with Gasteiger partial charge in [-0.2, -0.15) is 0 Å². The molecule has 14 nitrogen and oxygen atoms in total. The van der Waals surface area contributed by atoms with Gasteiger partial charge in [-0.05, 0) is 112 Å². The fourth-order valence-electron chi connectivity index (χ4n) is 9.31. The normalized spacial score (nSPS) is 11.7. The van der Waals surface area contributed by atoms with Crippen molar-refractivity contribution in [2.24, 2.45) is 0 Å². The Morgan fingerprint density at radius 1 is 0.318 bits per heavy atom. The summed E-state index contributed by atoms with van der Waals surface area (Å²) in [7, 11) is -9.66. The molecule has 0 atom stereocenters. The zero-order chi connectivity index (χ0) is 61.8. The van der Waals surface area contributed by atoms with Gasteiger partial charge in [0.05, 0.1) is 57.1 Å². The molecule has 0 aliphatic rings. The molecular formula is C68H106CaO14S2. The molecule has 2 aromatic rings. The van der Waals surface area contributed by atoms with Crippen LogP contribution in [-0.4, -0.2) is 87.6 Å². The van der Waals surface area contributed by atoms with E-state index in [0.29, 0.717) is 0 Å². The third-order valence-electron chi connectivity index (χ3n) is 14.4. The van der Waals surface area contributed by atoms with Gasteiger partial charge in [0, 0.05) is 0 Å². The Hall–Kier alpha value is -3.64. The molecule has 0 aliphatic heterocycles. The van der Waals surface area contributed by atoms with Crippen LogP contribution in [0.3, 0.4) is 0 Å². The first-order valence-corrected chi connectivity index (χ1v) is 35.1. The predicted molar refractivity (Wildman–Crippen MR) is 340 cm³/mol. The predicted octanol–water partition coefficient (Wildman–Crippen LogP) is 19.2. The molecule has 0 unspecified atom stereocenters. The first-order chi connectivity index (χ1) is 40.6. The van der Waals surface area contributed by atoms with Gasteiger partial charge in [-0.15, -0.1) is 0 Å². The number of ether oxygens (including phenoxy) is 4. The minimum absolute atomic E-state index is 0. The molecule has 0 amide bonds. The van der Waals surface area contributed by atoms with Crippen molar-refractivity contribution in [2.75, 3.05) is 0 Å². The molecule has 0 fully saturated rings. The summed E-state index contributed by atoms with van der Waals surface area (Å²) in [6.45, 7) is 8.86. The smallest absolute Gasteiger partial charge is 0.744 e. The van der Waals surface area contributed by atoms with Crippen molar-refractivity contribution in [2.45, 2.75) is 294 Å². The molecule has 85 heavy (non-hydrogen) atoms. The second kappa shape index (κ2) is 54.5. The largest absolute Gasteiger partial charge is 2.00 e. The topological polar surface area (TPSA) is 220 Å². The Morgan fingerprint density at radius 2 is 0.506 bits per heavy atom. The van der Waals surface area contributed by atoms with Gasteiger partial charge in [-0.3, -0.25) is 0 Å². The molecule has 0 N–H and O–H groups in total. The minimum Gasteiger partial charge on any atom is -0.744 e. The molecule has 476 valence electrons. The number of carbonyl (C=O) groups is 4. The van der Waals surface area contributed by atoms with Crippen molar-refractivity contribution in [3.05, 3.63) is 108 Å². The first-order valence-electron chi connectivity index (χ1n) is 32.3. The average molecular weight is 1250 g/mol. The van der Waals surface area contributed by atoms with Crippen LogP contribution < -0.4 is 0 Å². The van der Waals surface area contributed by atoms with Crippen molar-refractivity contribution in [3.63, 3.8) is 0 Å². The summed E-state index contributed by atoms with van der Waals surface area (Å²) in [6.07, 6.45) is 58.8. The van der Waals surface area contributed by atoms with Crippen LogP contribution in [-0.2, 0) is 39.2 Å². The summed E-state index contributed by atoms with van der Waals surface area (Å²) in [5.41, 5.74) is -1.02. The summed E-state index contributed by atoms with van der Waals surface area (Å²) >= 11 is 0. The van der Waals surface area contributed by atoms with Gasteiger partial charge in [0.15, 0.2) is 0 Å². The summed E-state index contributed by atoms with van der Waals surface area (Å²) in [4.78, 5) is 49.5. The van der Waals surface area contributed by atoms with Crippen LogP contribution in [0, 0.1) is 0 Å². The molecule has 17 heteroatoms. The van der Waals surface area contributed by atoms with Crippen LogP contribution >= 0.6 is 0 Å². The van der Waals surface area contributed by atoms with Crippen LogP contribution in [0.4, 0.5) is 0 Å². The maximum absolute atomic E-state index is 12.7. The summed E-state index contributed by atoms with van der Waals surface area (Å²) in [6, 6.07) is 5.90. The summed E-state index contributed by atoms with van der Waals surface area (Å²) < 4.78 is 89.7. The van der Waals surface area contributed by atoms with E-state index in [1.165, 1.54) is 205 Å². The number of carbonyl (C=O) groups excluding carboxylic acids is 4. The number of allylic oxidation sites excluding steroid dienone is 4. The van der Waals surface area contributed by atoms with E-state index in [4.69, 9.17) is 18.9 Å². The molecule has 0 saturated heterocycles. The van der Waals surface area contributed by atoms with Gasteiger partial charge >= 0.3 is 61.6 Å². The number of esters is 4. The fraction of sp³-hybridized carbons (Fsp3) is 0.647. The number of unbranched alkanes of at least 4 members (excludes halogenated alkanes) is 36. The number of rotatable bonds is 50. The molecular weight excluding hydrogens is 1140 g/mol. The monoisotopic (exact) mass is 1250 g/mol. The zero-order valence-corrected chi connectivity index (χ0v) is 56.4. The van der Waals surface area contributed by atoms with E-state index in [9.17, 15) is 45.1 Å². The van der Waals surface area contributed by atoms with E-state index in [0.717, 1.165) is 113 Å². The summed E-state index contributed by atoms with van der Waals surface area (Å²) in [5, 5.41) is 0. The van der Waals surface area contributed by atoms with Gasteiger partial charge in [0.1, 0.15) is 20.2 Å². The maximum atomic E-state index is 12.7. The van der Waals surface area contributed by atoms with Gasteiger partial charge in [-0.25, -0.2) is 36.0 Å². The Balaban J connectivity index is 0.00000164. The van der Waals surface area contributed by atoms with Gasteiger partial charge in [0.2, 0.25) is 0 Å². The van der Waals surface area contributed by atoms with Crippen LogP contribution in [0.5, 0.6) is 0 Å². The molecule has 0 aliphatic carbocycles. The van der Waals surface area contributed by atoms with Gasteiger partial charge in [-0.1, -0.05) is 233 Å². The molecule has 2 rings (SSSR count). The maximum Gasteiger partial charge on any atom is 2.00 e. The Morgan fingerprint density at radius 3 is 0.706 bits per heavy atom. The number of benzene rings is 2. The van der Waals surface area contributed by atoms with Crippen molar-refractivity contribution >= 4 is 81.9 Å². The fourth-order valence-corrected chi connectivity index (χ4v) is 10.3. The molecule has 0 saturated carbocycles. The Labute approximate surface area is 544 Å². The van der Waals surface area contributed by atoms with Crippen LogP contribution in [0.2, 0.25) is 0 Å². The van der Waals surface area contributed by atoms with E-state index < -0.39 is 53.9 Å². The third kappa shape index (κ3) is 43.6. The van der Waals surface area contributed by atoms with E-state index in [1.807, 2.05) is 0 Å². The van der Waals surface area contributed by atoms with Gasteiger partial charge in [0.25, 0.3) is 0 Å². The minimum atomic E-state index is -4.83. The van der Waals surface area contributed by atoms with Gasteiger partial charge < -0.3 is 28.1 Å². The van der Waals surface area contributed by atoms with Crippen LogP contribution in [0.15, 0.2) is 95.5 Å². The van der Waals surface area contributed by atoms with Crippen molar-refractivity contribution in [1.29, 1.82) is 0 Å². The Bertz CT molecular complexity index is 2260. The molecule has 2 aromatic carbocycles. The van der Waals surface area contributed by atoms with E-state index in [1.54, 1.807) is 24.3 Å². The second-order valence-corrected chi connectivity index (χ2v) is 24.7. The van der Waals surface area contributed by atoms with Crippen LogP contribution in [0.25, 0.3) is 0 Å². The van der Waals surface area contributed by atoms with E-state index in [2.05, 4.69) is 27.7 Å². The third-order valence-corrected chi connectivity index (χ3v) is 16.1. The average Bonchev–Trinajstić information content (AvgIpc) is 3.68. The SMILES string of the molecule is CCCCCCCCCCC/C=C/OC(=O)c1ccc(S(=O)(=O)[O-])cc1C(=O)O/C=C/CCCCCCCCCCC.CCCCCCCCCCC/C=C/OC(=O)c1ccc(S(=O)(=O)[O-])cc1C(=O)O/C=C/CCCCCCCCCCC.[Ca+2]. The second-order valence-electron chi connectivity index (χ2n) is 21.9. The summed E-state index contributed by atoms with van der Waals surface area (Å²) in [5.74, 6) is -3.54. The molecule has 0 aromatic heterocycles. The quantitative estimate of drug-likeness (QED) is 0.0150. The van der Waals surface area contributed by atoms with E-state index in [-0.39, 0.29) is 60.0 Å². The molecule has 0 radical (unpaired) electrons. The molecule has 0 spiro atoms. The van der Waals surface area contributed by atoms with Crippen molar-refractivity contribution in [3.8, 4) is 0 Å². The standard InChI is InChI=1S/2C34H54O7S.Ca/c2*1-3-5-7-9-11-13-15-17-19-21-23-27-40-33(35)31-26-25-30(42(37,38)39)29-32(31)34(36)41-28-24-22-20-18-16-14-12-10-8-6-4-2;/h2*23-29H,3-22H2,1-2H3,(H,37,38,39);/q;;+2/p-2/b2*27-23+,28-24+;. The molecule has 0 heterocycles. The van der Waals surface area contributed by atoms with Crippen LogP contribution in [0.1, 0.15) is 326 Å². The first kappa shape index (κ1) is 81.4. The van der Waals surface area contributed by atoms with E-state index >= 15 is 0 Å². The van der Waals surface area contributed by atoms with Crippen molar-refractivity contribution < 1.29 is 64.1 Å². The molecule has 0 bridgehead atoms. The number of hydrogen-bond acceptors (Lipinski definition) is 14. The zero-order valence-electron chi connectivity index (χ0n) is 52.6.